The minimum Gasteiger partial charge on any atom is -0.456 e. The van der Waals surface area contributed by atoms with E-state index in [1.165, 1.54) is 43.4 Å². The van der Waals surface area contributed by atoms with Gasteiger partial charge >= 0.3 is 0 Å². The number of hydrogen-bond donors (Lipinski definition) is 0. The van der Waals surface area contributed by atoms with Gasteiger partial charge in [0.25, 0.3) is 0 Å². The van der Waals surface area contributed by atoms with Crippen LogP contribution in [0.1, 0.15) is 25.0 Å². The lowest BCUT2D eigenvalue weighted by atomic mass is 9.81. The average Bonchev–Trinajstić information content (AvgIpc) is 3.79. The van der Waals surface area contributed by atoms with E-state index in [0.29, 0.717) is 0 Å². The van der Waals surface area contributed by atoms with E-state index in [0.717, 1.165) is 72.2 Å². The summed E-state index contributed by atoms with van der Waals surface area (Å²) in [6.07, 6.45) is 0. The zero-order valence-corrected chi connectivity index (χ0v) is 25.0. The largest absolute Gasteiger partial charge is 0.456 e. The Hall–Kier alpha value is -5.94. The lowest BCUT2D eigenvalue weighted by molar-refractivity contribution is 0.656. The summed E-state index contributed by atoms with van der Waals surface area (Å²) in [6, 6.07) is 36.0. The highest BCUT2D eigenvalue weighted by Gasteiger charge is 2.38. The Labute approximate surface area is 260 Å². The van der Waals surface area contributed by atoms with Crippen molar-refractivity contribution < 1.29 is 8.83 Å². The molecule has 0 amide bonds. The molecule has 0 atom stereocenters. The highest BCUT2D eigenvalue weighted by atomic mass is 16.3. The molecule has 4 aromatic heterocycles. The van der Waals surface area contributed by atoms with Crippen molar-refractivity contribution in [2.45, 2.75) is 19.3 Å². The molecule has 214 valence electrons. The Bertz CT molecular complexity index is 2960. The zero-order chi connectivity index (χ0) is 30.1. The van der Waals surface area contributed by atoms with Crippen molar-refractivity contribution in [1.29, 1.82) is 0 Å². The molecule has 11 aromatic rings. The summed E-state index contributed by atoms with van der Waals surface area (Å²) in [5.41, 5.74) is 11.9. The van der Waals surface area contributed by atoms with Crippen LogP contribution in [0.5, 0.6) is 0 Å². The van der Waals surface area contributed by atoms with Crippen molar-refractivity contribution in [2.75, 3.05) is 0 Å². The van der Waals surface area contributed by atoms with Gasteiger partial charge in [-0.15, -0.1) is 0 Å². The highest BCUT2D eigenvalue weighted by Crippen LogP contribution is 2.56. The molecule has 12 rings (SSSR count). The molecule has 46 heavy (non-hydrogen) atoms. The molecule has 5 heteroatoms. The van der Waals surface area contributed by atoms with Crippen molar-refractivity contribution in [3.8, 4) is 17.1 Å². The summed E-state index contributed by atoms with van der Waals surface area (Å²) in [7, 11) is 0. The molecule has 0 bridgehead atoms. The van der Waals surface area contributed by atoms with Crippen molar-refractivity contribution in [1.82, 2.24) is 14.5 Å². The van der Waals surface area contributed by atoms with E-state index in [1.54, 1.807) is 0 Å². The van der Waals surface area contributed by atoms with Gasteiger partial charge in [-0.05, 0) is 70.4 Å². The zero-order valence-electron chi connectivity index (χ0n) is 25.0. The van der Waals surface area contributed by atoms with Gasteiger partial charge in [0.15, 0.2) is 5.82 Å². The molecule has 4 heterocycles. The standard InChI is InChI=1S/C41H23N3O2/c1-41(2)21-12-16-27-35-31(21)32-22(41)13-17-28-36(32)38-30(46-28)19-15-26-34(38)33-25(14-18-29(45-27)37(33)35)44(26)40-39(20-8-4-3-5-9-20)42-23-10-6-7-11-24(23)43-40/h3-19H,1-2H3. The first kappa shape index (κ1) is 23.4. The van der Waals surface area contributed by atoms with Gasteiger partial charge in [-0.25, -0.2) is 9.97 Å². The fourth-order valence-corrected chi connectivity index (χ4v) is 8.76. The first-order chi connectivity index (χ1) is 22.6. The van der Waals surface area contributed by atoms with Crippen LogP contribution in [0.4, 0.5) is 0 Å². The predicted octanol–water partition coefficient (Wildman–Crippen LogP) is 10.9. The van der Waals surface area contributed by atoms with Crippen LogP contribution in [0.2, 0.25) is 0 Å². The second-order valence-corrected chi connectivity index (χ2v) is 13.3. The summed E-state index contributed by atoms with van der Waals surface area (Å²) in [4.78, 5) is 10.6. The third kappa shape index (κ3) is 2.48. The van der Waals surface area contributed by atoms with Crippen molar-refractivity contribution in [2.24, 2.45) is 0 Å². The summed E-state index contributed by atoms with van der Waals surface area (Å²) >= 11 is 0. The van der Waals surface area contributed by atoms with Gasteiger partial charge in [0, 0.05) is 43.3 Å². The third-order valence-corrected chi connectivity index (χ3v) is 10.7. The Morgan fingerprint density at radius 1 is 0.478 bits per heavy atom. The molecule has 0 saturated heterocycles. The molecule has 5 nitrogen and oxygen atoms in total. The molecule has 0 spiro atoms. The molecule has 0 saturated carbocycles. The topological polar surface area (TPSA) is 57.0 Å². The Kier molecular flexibility index (Phi) is 3.80. The number of furan rings is 2. The second-order valence-electron chi connectivity index (χ2n) is 13.3. The molecular weight excluding hydrogens is 566 g/mol. The highest BCUT2D eigenvalue weighted by molar-refractivity contribution is 6.42. The molecule has 1 aliphatic carbocycles. The molecule has 0 aliphatic heterocycles. The van der Waals surface area contributed by atoms with Crippen LogP contribution in [0.25, 0.3) is 105 Å². The normalized spacial score (nSPS) is 14.5. The van der Waals surface area contributed by atoms with E-state index < -0.39 is 0 Å². The van der Waals surface area contributed by atoms with Crippen LogP contribution in [0.15, 0.2) is 112 Å². The second kappa shape index (κ2) is 7.47. The number of hydrogen-bond acceptors (Lipinski definition) is 4. The van der Waals surface area contributed by atoms with E-state index in [2.05, 4.69) is 91.2 Å². The lowest BCUT2D eigenvalue weighted by Gasteiger charge is -2.21. The van der Waals surface area contributed by atoms with E-state index in [4.69, 9.17) is 18.8 Å². The molecule has 0 fully saturated rings. The van der Waals surface area contributed by atoms with Gasteiger partial charge in [0.05, 0.1) is 22.1 Å². The average molecular weight is 590 g/mol. The van der Waals surface area contributed by atoms with Gasteiger partial charge in [-0.1, -0.05) is 68.4 Å². The smallest absolute Gasteiger partial charge is 0.165 e. The quantitative estimate of drug-likeness (QED) is 0.201. The number of benzene rings is 6. The van der Waals surface area contributed by atoms with E-state index in [9.17, 15) is 0 Å². The van der Waals surface area contributed by atoms with E-state index in [1.807, 2.05) is 30.3 Å². The maximum Gasteiger partial charge on any atom is 0.165 e. The van der Waals surface area contributed by atoms with Gasteiger partial charge < -0.3 is 8.83 Å². The van der Waals surface area contributed by atoms with Gasteiger partial charge in [-0.2, -0.15) is 0 Å². The molecule has 0 unspecified atom stereocenters. The van der Waals surface area contributed by atoms with Crippen molar-refractivity contribution in [3.05, 3.63) is 114 Å². The predicted molar refractivity (Wildman–Crippen MR) is 186 cm³/mol. The van der Waals surface area contributed by atoms with Crippen molar-refractivity contribution in [3.63, 3.8) is 0 Å². The van der Waals surface area contributed by atoms with E-state index in [-0.39, 0.29) is 5.41 Å². The first-order valence-electron chi connectivity index (χ1n) is 15.8. The van der Waals surface area contributed by atoms with Gasteiger partial charge in [-0.3, -0.25) is 4.57 Å². The Morgan fingerprint density at radius 2 is 0.957 bits per heavy atom. The Balaban J connectivity index is 1.40. The fourth-order valence-electron chi connectivity index (χ4n) is 8.76. The Morgan fingerprint density at radius 3 is 1.52 bits per heavy atom. The van der Waals surface area contributed by atoms with Crippen LogP contribution in [0.3, 0.4) is 0 Å². The maximum absolute atomic E-state index is 6.68. The van der Waals surface area contributed by atoms with Gasteiger partial charge in [0.1, 0.15) is 28.0 Å². The maximum atomic E-state index is 6.68. The van der Waals surface area contributed by atoms with Crippen LogP contribution < -0.4 is 0 Å². The van der Waals surface area contributed by atoms with E-state index >= 15 is 0 Å². The minimum atomic E-state index is -0.151. The third-order valence-electron chi connectivity index (χ3n) is 10.7. The summed E-state index contributed by atoms with van der Waals surface area (Å²) in [5, 5.41) is 9.59. The van der Waals surface area contributed by atoms with Crippen LogP contribution in [-0.4, -0.2) is 14.5 Å². The summed E-state index contributed by atoms with van der Waals surface area (Å²) < 4.78 is 15.7. The molecule has 7 aromatic carbocycles. The molecular formula is C41H23N3O2. The molecule has 0 radical (unpaired) electrons. The van der Waals surface area contributed by atoms with Gasteiger partial charge in [0.2, 0.25) is 0 Å². The summed E-state index contributed by atoms with van der Waals surface area (Å²) in [6.45, 7) is 4.68. The molecule has 0 N–H and O–H groups in total. The number of rotatable bonds is 2. The minimum absolute atomic E-state index is 0.151. The van der Waals surface area contributed by atoms with Crippen LogP contribution in [-0.2, 0) is 5.41 Å². The number of para-hydroxylation sites is 2. The number of aromatic nitrogens is 3. The van der Waals surface area contributed by atoms with Crippen molar-refractivity contribution >= 4 is 87.5 Å². The molecule has 1 aliphatic rings. The lowest BCUT2D eigenvalue weighted by Crippen LogP contribution is -2.15. The fraction of sp³-hybridized carbons (Fsp3) is 0.0732. The van der Waals surface area contributed by atoms with Crippen LogP contribution >= 0.6 is 0 Å². The monoisotopic (exact) mass is 589 g/mol. The number of nitrogens with zero attached hydrogens (tertiary/aromatic N) is 3. The first-order valence-corrected chi connectivity index (χ1v) is 15.8. The summed E-state index contributed by atoms with van der Waals surface area (Å²) in [5.74, 6) is 0.804. The SMILES string of the molecule is CC1(C)c2ccc3oc4ccc5c6c4c3c2c2c1ccc1oc3ccc(c6c3c12)n5-c1nc2ccccc2nc1-c1ccccc1. The van der Waals surface area contributed by atoms with Crippen LogP contribution in [0, 0.1) is 0 Å². The number of fused-ring (bicyclic) bond motifs is 1.